The molecule has 1 saturated carbocycles. The summed E-state index contributed by atoms with van der Waals surface area (Å²) in [5, 5.41) is 17.9. The number of carboxylic acid groups (broad SMARTS) is 2. The molecule has 2 rings (SSSR count). The van der Waals surface area contributed by atoms with Gasteiger partial charge in [0.1, 0.15) is 11.6 Å². The Kier molecular flexibility index (Phi) is 4.01. The third kappa shape index (κ3) is 3.12. The molecule has 1 aliphatic rings. The average Bonchev–Trinajstić information content (AvgIpc) is 3.11. The van der Waals surface area contributed by atoms with E-state index < -0.39 is 41.3 Å². The van der Waals surface area contributed by atoms with Gasteiger partial charge in [0.25, 0.3) is 0 Å². The zero-order valence-electron chi connectivity index (χ0n) is 10.6. The standard InChI is InChI=1S/C14H14F2O4/c15-8-3-1-7(12(16)5-8)2-4-9(13(17)18)10-6-11(10)14(19)20/h1,3,5,9-11H,2,4,6H2,(H,17,18)(H,19,20). The van der Waals surface area contributed by atoms with E-state index in [1.165, 1.54) is 6.07 Å². The van der Waals surface area contributed by atoms with Crippen LogP contribution in [-0.2, 0) is 16.0 Å². The molecule has 0 radical (unpaired) electrons. The van der Waals surface area contributed by atoms with Crippen molar-refractivity contribution in [1.29, 1.82) is 0 Å². The minimum Gasteiger partial charge on any atom is -0.481 e. The van der Waals surface area contributed by atoms with Crippen molar-refractivity contribution < 1.29 is 28.6 Å². The number of aryl methyl sites for hydroxylation is 1. The number of benzene rings is 1. The van der Waals surface area contributed by atoms with Gasteiger partial charge in [-0.15, -0.1) is 0 Å². The third-order valence-corrected chi connectivity index (χ3v) is 3.73. The van der Waals surface area contributed by atoms with Crippen molar-refractivity contribution in [2.75, 3.05) is 0 Å². The van der Waals surface area contributed by atoms with Gasteiger partial charge in [0, 0.05) is 6.07 Å². The zero-order chi connectivity index (χ0) is 14.9. The highest BCUT2D eigenvalue weighted by molar-refractivity contribution is 5.77. The van der Waals surface area contributed by atoms with Crippen molar-refractivity contribution in [3.8, 4) is 0 Å². The summed E-state index contributed by atoms with van der Waals surface area (Å²) in [5.74, 6) is -5.27. The number of hydrogen-bond acceptors (Lipinski definition) is 2. The minimum absolute atomic E-state index is 0.145. The summed E-state index contributed by atoms with van der Waals surface area (Å²) in [6.07, 6.45) is 0.635. The van der Waals surface area contributed by atoms with Gasteiger partial charge in [0.15, 0.2) is 0 Å². The second-order valence-electron chi connectivity index (χ2n) is 5.06. The summed E-state index contributed by atoms with van der Waals surface area (Å²) in [4.78, 5) is 21.9. The Morgan fingerprint density at radius 2 is 2.00 bits per heavy atom. The summed E-state index contributed by atoms with van der Waals surface area (Å²) >= 11 is 0. The first-order valence-corrected chi connectivity index (χ1v) is 6.29. The van der Waals surface area contributed by atoms with Gasteiger partial charge in [-0.1, -0.05) is 6.07 Å². The number of carboxylic acids is 2. The topological polar surface area (TPSA) is 74.6 Å². The van der Waals surface area contributed by atoms with E-state index >= 15 is 0 Å². The molecule has 4 nitrogen and oxygen atoms in total. The van der Waals surface area contributed by atoms with Crippen molar-refractivity contribution in [3.05, 3.63) is 35.4 Å². The molecule has 1 fully saturated rings. The molecule has 0 heterocycles. The van der Waals surface area contributed by atoms with Crippen molar-refractivity contribution in [3.63, 3.8) is 0 Å². The van der Waals surface area contributed by atoms with Gasteiger partial charge >= 0.3 is 11.9 Å². The normalized spacial score (nSPS) is 22.3. The smallest absolute Gasteiger partial charge is 0.306 e. The monoisotopic (exact) mass is 284 g/mol. The van der Waals surface area contributed by atoms with Gasteiger partial charge < -0.3 is 10.2 Å². The van der Waals surface area contributed by atoms with Crippen LogP contribution in [0, 0.1) is 29.4 Å². The van der Waals surface area contributed by atoms with E-state index in [-0.39, 0.29) is 18.4 Å². The third-order valence-electron chi connectivity index (χ3n) is 3.73. The van der Waals surface area contributed by atoms with Crippen LogP contribution in [0.15, 0.2) is 18.2 Å². The van der Waals surface area contributed by atoms with Gasteiger partial charge in [-0.2, -0.15) is 0 Å². The van der Waals surface area contributed by atoms with Crippen LogP contribution in [0.2, 0.25) is 0 Å². The van der Waals surface area contributed by atoms with E-state index in [9.17, 15) is 18.4 Å². The molecule has 0 amide bonds. The summed E-state index contributed by atoms with van der Waals surface area (Å²) < 4.78 is 26.2. The summed E-state index contributed by atoms with van der Waals surface area (Å²) in [7, 11) is 0. The molecule has 0 bridgehead atoms. The van der Waals surface area contributed by atoms with Crippen molar-refractivity contribution >= 4 is 11.9 Å². The predicted octanol–water partition coefficient (Wildman–Crippen LogP) is 2.32. The molecule has 6 heteroatoms. The van der Waals surface area contributed by atoms with Gasteiger partial charge in [-0.3, -0.25) is 9.59 Å². The second-order valence-corrected chi connectivity index (χ2v) is 5.06. The van der Waals surface area contributed by atoms with Crippen LogP contribution in [0.25, 0.3) is 0 Å². The number of halogens is 2. The number of carbonyl (C=O) groups is 2. The molecule has 2 N–H and O–H groups in total. The minimum atomic E-state index is -1.07. The quantitative estimate of drug-likeness (QED) is 0.840. The molecule has 1 aromatic carbocycles. The first-order valence-electron chi connectivity index (χ1n) is 6.29. The number of rotatable bonds is 6. The van der Waals surface area contributed by atoms with Crippen molar-refractivity contribution in [1.82, 2.24) is 0 Å². The first kappa shape index (κ1) is 14.4. The maximum atomic E-state index is 13.4. The Morgan fingerprint density at radius 3 is 2.50 bits per heavy atom. The molecule has 3 unspecified atom stereocenters. The second kappa shape index (κ2) is 5.56. The molecular weight excluding hydrogens is 270 g/mol. The van der Waals surface area contributed by atoms with Gasteiger partial charge in [0.2, 0.25) is 0 Å². The molecule has 0 saturated heterocycles. The largest absolute Gasteiger partial charge is 0.481 e. The fraction of sp³-hybridized carbons (Fsp3) is 0.429. The Morgan fingerprint density at radius 1 is 1.30 bits per heavy atom. The van der Waals surface area contributed by atoms with Gasteiger partial charge in [-0.25, -0.2) is 8.78 Å². The molecule has 1 aromatic rings. The van der Waals surface area contributed by atoms with E-state index in [0.29, 0.717) is 6.42 Å². The Balaban J connectivity index is 2.00. The van der Waals surface area contributed by atoms with Gasteiger partial charge in [0.05, 0.1) is 11.8 Å². The van der Waals surface area contributed by atoms with Crippen LogP contribution >= 0.6 is 0 Å². The lowest BCUT2D eigenvalue weighted by molar-refractivity contribution is -0.143. The highest BCUT2D eigenvalue weighted by atomic mass is 19.1. The maximum absolute atomic E-state index is 13.4. The lowest BCUT2D eigenvalue weighted by atomic mass is 9.94. The molecule has 1 aliphatic carbocycles. The molecule has 0 aliphatic heterocycles. The Labute approximate surface area is 114 Å². The molecule has 0 spiro atoms. The predicted molar refractivity (Wildman–Crippen MR) is 65.0 cm³/mol. The van der Waals surface area contributed by atoms with E-state index in [2.05, 4.69) is 0 Å². The maximum Gasteiger partial charge on any atom is 0.306 e. The SMILES string of the molecule is O=C(O)C(CCc1ccc(F)cc1F)C1CC1C(=O)O. The Hall–Kier alpha value is -1.98. The molecule has 0 aromatic heterocycles. The fourth-order valence-electron chi connectivity index (χ4n) is 2.50. The van der Waals surface area contributed by atoms with E-state index in [1.807, 2.05) is 0 Å². The summed E-state index contributed by atoms with van der Waals surface area (Å²) in [5.41, 5.74) is 0.241. The lowest BCUT2D eigenvalue weighted by Crippen LogP contribution is -2.19. The van der Waals surface area contributed by atoms with E-state index in [4.69, 9.17) is 10.2 Å². The highest BCUT2D eigenvalue weighted by Crippen LogP contribution is 2.46. The van der Waals surface area contributed by atoms with Gasteiger partial charge in [-0.05, 0) is 36.8 Å². The Bertz CT molecular complexity index is 544. The molecule has 20 heavy (non-hydrogen) atoms. The molecule has 3 atom stereocenters. The van der Waals surface area contributed by atoms with Crippen LogP contribution in [0.3, 0.4) is 0 Å². The number of aliphatic carboxylic acids is 2. The summed E-state index contributed by atoms with van der Waals surface area (Å²) in [6, 6.07) is 3.15. The average molecular weight is 284 g/mol. The van der Waals surface area contributed by atoms with Crippen LogP contribution < -0.4 is 0 Å². The zero-order valence-corrected chi connectivity index (χ0v) is 10.6. The van der Waals surface area contributed by atoms with Crippen LogP contribution in [-0.4, -0.2) is 22.2 Å². The highest BCUT2D eigenvalue weighted by Gasteiger charge is 2.50. The lowest BCUT2D eigenvalue weighted by Gasteiger charge is -2.12. The fourth-order valence-corrected chi connectivity index (χ4v) is 2.50. The first-order chi connectivity index (χ1) is 9.40. The van der Waals surface area contributed by atoms with Crippen LogP contribution in [0.4, 0.5) is 8.78 Å². The van der Waals surface area contributed by atoms with E-state index in [0.717, 1.165) is 12.1 Å². The van der Waals surface area contributed by atoms with Crippen molar-refractivity contribution in [2.45, 2.75) is 19.3 Å². The summed E-state index contributed by atoms with van der Waals surface area (Å²) in [6.45, 7) is 0. The van der Waals surface area contributed by atoms with Crippen LogP contribution in [0.1, 0.15) is 18.4 Å². The van der Waals surface area contributed by atoms with Crippen molar-refractivity contribution in [2.24, 2.45) is 17.8 Å². The molecular formula is C14H14F2O4. The van der Waals surface area contributed by atoms with Crippen LogP contribution in [0.5, 0.6) is 0 Å². The van der Waals surface area contributed by atoms with E-state index in [1.54, 1.807) is 0 Å². The molecule has 108 valence electrons. The number of hydrogen-bond donors (Lipinski definition) is 2.